The van der Waals surface area contributed by atoms with Crippen LogP contribution in [0.2, 0.25) is 0 Å². The molecule has 1 aromatic heterocycles. The van der Waals surface area contributed by atoms with Gasteiger partial charge in [0.05, 0.1) is 0 Å². The molecule has 0 unspecified atom stereocenters. The fourth-order valence-corrected chi connectivity index (χ4v) is 4.39. The van der Waals surface area contributed by atoms with Gasteiger partial charge in [0.2, 0.25) is 0 Å². The number of likely N-dealkylation sites (tertiary alicyclic amines) is 1. The number of benzene rings is 1. The van der Waals surface area contributed by atoms with Crippen LogP contribution in [-0.4, -0.2) is 40.5 Å². The molecule has 2 N–H and O–H groups in total. The van der Waals surface area contributed by atoms with Crippen LogP contribution in [0.3, 0.4) is 0 Å². The molecule has 4 rings (SSSR count). The molecule has 2 aromatic rings. The van der Waals surface area contributed by atoms with Gasteiger partial charge in [0.15, 0.2) is 0 Å². The Morgan fingerprint density at radius 1 is 1.03 bits per heavy atom. The number of piperidine rings is 1. The molecule has 0 saturated carbocycles. The Balaban J connectivity index is 1.55. The van der Waals surface area contributed by atoms with E-state index >= 15 is 0 Å². The van der Waals surface area contributed by atoms with E-state index < -0.39 is 0 Å². The van der Waals surface area contributed by atoms with E-state index in [9.17, 15) is 14.4 Å². The first-order valence-electron chi connectivity index (χ1n) is 10.1. The van der Waals surface area contributed by atoms with Crippen LogP contribution in [0, 0.1) is 5.92 Å². The van der Waals surface area contributed by atoms with Gasteiger partial charge in [-0.3, -0.25) is 9.59 Å². The van der Waals surface area contributed by atoms with Crippen LogP contribution in [-0.2, 0) is 6.54 Å². The maximum absolute atomic E-state index is 12.9. The summed E-state index contributed by atoms with van der Waals surface area (Å²) in [5.74, 6) is 0.396. The average Bonchev–Trinajstić information content (AvgIpc) is 2.70. The monoisotopic (exact) mass is 394 g/mol. The van der Waals surface area contributed by atoms with Crippen LogP contribution in [0.25, 0.3) is 0 Å². The van der Waals surface area contributed by atoms with Gasteiger partial charge in [-0.2, -0.15) is 0 Å². The lowest BCUT2D eigenvalue weighted by molar-refractivity contribution is 0.0594. The molecule has 3 heterocycles. The number of hydrogen-bond donors (Lipinski definition) is 2. The number of nitrogens with one attached hydrogen (secondary N) is 2. The number of hydrogen-bond acceptors (Lipinski definition) is 3. The predicted octanol–water partition coefficient (Wildman–Crippen LogP) is 2.64. The van der Waals surface area contributed by atoms with Gasteiger partial charge in [-0.05, 0) is 50.5 Å². The maximum Gasteiger partial charge on any atom is 0.319 e. The highest BCUT2D eigenvalue weighted by atomic mass is 16.2. The highest BCUT2D eigenvalue weighted by Gasteiger charge is 2.37. The molecule has 2 aliphatic rings. The first kappa shape index (κ1) is 19.2. The van der Waals surface area contributed by atoms with Gasteiger partial charge in [0.25, 0.3) is 11.5 Å². The van der Waals surface area contributed by atoms with Crippen molar-refractivity contribution in [2.75, 3.05) is 18.4 Å². The van der Waals surface area contributed by atoms with Crippen molar-refractivity contribution in [1.29, 1.82) is 0 Å². The van der Waals surface area contributed by atoms with E-state index in [4.69, 9.17) is 0 Å². The first-order valence-corrected chi connectivity index (χ1v) is 10.1. The third kappa shape index (κ3) is 3.90. The first-order chi connectivity index (χ1) is 13.9. The lowest BCUT2D eigenvalue weighted by atomic mass is 9.83. The molecule has 0 aliphatic carbocycles. The molecule has 29 heavy (non-hydrogen) atoms. The second-order valence-electron chi connectivity index (χ2n) is 8.22. The lowest BCUT2D eigenvalue weighted by Crippen LogP contribution is -2.49. The molecule has 152 valence electrons. The van der Waals surface area contributed by atoms with Crippen LogP contribution in [0.1, 0.15) is 42.2 Å². The summed E-state index contributed by atoms with van der Waals surface area (Å²) in [6.07, 6.45) is 0.971. The zero-order chi connectivity index (χ0) is 20.5. The van der Waals surface area contributed by atoms with Crippen LogP contribution in [0.5, 0.6) is 0 Å². The average molecular weight is 394 g/mol. The highest BCUT2D eigenvalue weighted by Crippen LogP contribution is 2.35. The van der Waals surface area contributed by atoms with Gasteiger partial charge in [0.1, 0.15) is 5.69 Å². The number of nitrogens with zero attached hydrogens (tertiary/aromatic N) is 2. The zero-order valence-corrected chi connectivity index (χ0v) is 16.7. The Bertz CT molecular complexity index is 983. The number of carbonyl (C=O) groups excluding carboxylic acids is 2. The summed E-state index contributed by atoms with van der Waals surface area (Å²) >= 11 is 0. The van der Waals surface area contributed by atoms with Gasteiger partial charge in [-0.25, -0.2) is 4.79 Å². The zero-order valence-electron chi connectivity index (χ0n) is 16.7. The second-order valence-corrected chi connectivity index (χ2v) is 8.22. The minimum Gasteiger partial charge on any atom is -0.338 e. The summed E-state index contributed by atoms with van der Waals surface area (Å²) in [5.41, 5.74) is 1.73. The molecule has 1 aromatic carbocycles. The third-order valence-electron chi connectivity index (χ3n) is 5.58. The van der Waals surface area contributed by atoms with Crippen molar-refractivity contribution in [3.05, 3.63) is 64.1 Å². The van der Waals surface area contributed by atoms with E-state index in [0.717, 1.165) is 12.1 Å². The smallest absolute Gasteiger partial charge is 0.319 e. The van der Waals surface area contributed by atoms with Crippen LogP contribution in [0.4, 0.5) is 10.5 Å². The summed E-state index contributed by atoms with van der Waals surface area (Å²) in [4.78, 5) is 39.7. The van der Waals surface area contributed by atoms with Gasteiger partial charge in [-0.1, -0.05) is 18.2 Å². The Morgan fingerprint density at radius 3 is 2.52 bits per heavy atom. The second kappa shape index (κ2) is 7.73. The van der Waals surface area contributed by atoms with Crippen molar-refractivity contribution in [3.63, 3.8) is 0 Å². The maximum atomic E-state index is 12.9. The number of urea groups is 1. The van der Waals surface area contributed by atoms with E-state index in [0.29, 0.717) is 25.2 Å². The van der Waals surface area contributed by atoms with E-state index in [1.54, 1.807) is 10.6 Å². The fourth-order valence-electron chi connectivity index (χ4n) is 4.39. The number of pyridine rings is 1. The van der Waals surface area contributed by atoms with E-state index in [1.165, 1.54) is 0 Å². The molecule has 7 nitrogen and oxygen atoms in total. The molecule has 3 amide bonds. The number of anilines is 1. The van der Waals surface area contributed by atoms with Crippen LogP contribution < -0.4 is 16.2 Å². The molecule has 2 atom stereocenters. The lowest BCUT2D eigenvalue weighted by Gasteiger charge is -2.43. The molecule has 7 heteroatoms. The number of fused-ring (bicyclic) bond motifs is 4. The topological polar surface area (TPSA) is 83.4 Å². The van der Waals surface area contributed by atoms with Crippen LogP contribution in [0.15, 0.2) is 47.3 Å². The third-order valence-corrected chi connectivity index (χ3v) is 5.58. The van der Waals surface area contributed by atoms with Gasteiger partial charge in [0, 0.05) is 42.9 Å². The molecule has 2 aliphatic heterocycles. The number of carbonyl (C=O) groups is 2. The SMILES string of the molecule is CC(C)NC(=O)Nc1ccc2n(c1=O)C[C@@H]1C[C@@H]2CN(C(=O)c2ccccc2)C1. The molecular formula is C22H26N4O3. The molecular weight excluding hydrogens is 368 g/mol. The quantitative estimate of drug-likeness (QED) is 0.839. The summed E-state index contributed by atoms with van der Waals surface area (Å²) in [7, 11) is 0. The Kier molecular flexibility index (Phi) is 5.13. The van der Waals surface area contributed by atoms with Crippen molar-refractivity contribution >= 4 is 17.6 Å². The largest absolute Gasteiger partial charge is 0.338 e. The van der Waals surface area contributed by atoms with Crippen molar-refractivity contribution in [3.8, 4) is 0 Å². The predicted molar refractivity (Wildman–Crippen MR) is 111 cm³/mol. The van der Waals surface area contributed by atoms with Gasteiger partial charge in [-0.15, -0.1) is 0 Å². The summed E-state index contributed by atoms with van der Waals surface area (Å²) in [6, 6.07) is 12.5. The summed E-state index contributed by atoms with van der Waals surface area (Å²) in [6.45, 7) is 5.53. The number of aromatic nitrogens is 1. The van der Waals surface area contributed by atoms with E-state index in [1.807, 2.05) is 55.1 Å². The van der Waals surface area contributed by atoms with Crippen molar-refractivity contribution in [1.82, 2.24) is 14.8 Å². The normalized spacial score (nSPS) is 20.2. The highest BCUT2D eigenvalue weighted by molar-refractivity contribution is 5.94. The van der Waals surface area contributed by atoms with Crippen molar-refractivity contribution < 1.29 is 9.59 Å². The number of rotatable bonds is 3. The Hall–Kier alpha value is -3.09. The minimum absolute atomic E-state index is 0.0112. The molecule has 0 spiro atoms. The minimum atomic E-state index is -0.381. The van der Waals surface area contributed by atoms with Crippen molar-refractivity contribution in [2.24, 2.45) is 5.92 Å². The number of amides is 3. The Labute approximate surface area is 169 Å². The summed E-state index contributed by atoms with van der Waals surface area (Å²) < 4.78 is 1.77. The molecule has 2 bridgehead atoms. The summed E-state index contributed by atoms with van der Waals surface area (Å²) in [5, 5.41) is 5.39. The van der Waals surface area contributed by atoms with Gasteiger partial charge < -0.3 is 20.1 Å². The molecule has 0 radical (unpaired) electrons. The van der Waals surface area contributed by atoms with E-state index in [-0.39, 0.29) is 41.1 Å². The van der Waals surface area contributed by atoms with Crippen LogP contribution >= 0.6 is 0 Å². The van der Waals surface area contributed by atoms with Crippen molar-refractivity contribution in [2.45, 2.75) is 38.8 Å². The standard InChI is InChI=1S/C22H26N4O3/c1-14(2)23-22(29)24-18-8-9-19-17-10-15(12-26(19)21(18)28)11-25(13-17)20(27)16-6-4-3-5-7-16/h3-9,14-15,17H,10-13H2,1-2H3,(H2,23,24,29)/t15-,17-/m1/s1. The molecule has 1 fully saturated rings. The van der Waals surface area contributed by atoms with E-state index in [2.05, 4.69) is 10.6 Å². The van der Waals surface area contributed by atoms with Gasteiger partial charge >= 0.3 is 6.03 Å². The Morgan fingerprint density at radius 2 is 1.79 bits per heavy atom. The molecule has 1 saturated heterocycles. The fraction of sp³-hybridized carbons (Fsp3) is 0.409.